The lowest BCUT2D eigenvalue weighted by Gasteiger charge is -2.00. The van der Waals surface area contributed by atoms with Crippen LogP contribution in [0.15, 0.2) is 18.2 Å². The maximum Gasteiger partial charge on any atom is 0.321 e. The van der Waals surface area contributed by atoms with Crippen molar-refractivity contribution >= 4 is 32.7 Å². The topological polar surface area (TPSA) is 54.0 Å². The Kier molecular flexibility index (Phi) is 3.05. The molecule has 1 aromatic heterocycles. The molecule has 0 saturated carbocycles. The highest BCUT2D eigenvalue weighted by Crippen LogP contribution is 2.26. The highest BCUT2D eigenvalue weighted by molar-refractivity contribution is 7.22. The van der Waals surface area contributed by atoms with Gasteiger partial charge < -0.3 is 5.32 Å². The van der Waals surface area contributed by atoms with E-state index in [1.54, 1.807) is 0 Å². The first-order valence-electron chi connectivity index (χ1n) is 5.11. The first-order valence-corrected chi connectivity index (χ1v) is 5.92. The van der Waals surface area contributed by atoms with Crippen LogP contribution in [0.4, 0.5) is 9.93 Å². The summed E-state index contributed by atoms with van der Waals surface area (Å²) in [6.45, 7) is 4.52. The number of rotatable bonds is 2. The fourth-order valence-corrected chi connectivity index (χ4v) is 2.35. The van der Waals surface area contributed by atoms with Gasteiger partial charge >= 0.3 is 6.03 Å². The number of carbonyl (C=O) groups excluding carboxylic acids is 1. The number of thiazole rings is 1. The molecule has 0 unspecified atom stereocenters. The average Bonchev–Trinajstić information content (AvgIpc) is 2.59. The Morgan fingerprint density at radius 1 is 1.50 bits per heavy atom. The molecule has 5 heteroatoms. The molecule has 0 spiro atoms. The number of amides is 2. The second-order valence-corrected chi connectivity index (χ2v) is 4.51. The predicted molar refractivity (Wildman–Crippen MR) is 67.1 cm³/mol. The molecule has 2 rings (SSSR count). The predicted octanol–water partition coefficient (Wildman–Crippen LogP) is 2.75. The van der Waals surface area contributed by atoms with Gasteiger partial charge in [-0.1, -0.05) is 17.4 Å². The summed E-state index contributed by atoms with van der Waals surface area (Å²) < 4.78 is 1.09. The third kappa shape index (κ3) is 2.30. The van der Waals surface area contributed by atoms with Gasteiger partial charge in [-0.05, 0) is 31.5 Å². The first kappa shape index (κ1) is 10.9. The smallest absolute Gasteiger partial charge is 0.321 e. The number of carbonyl (C=O) groups is 1. The van der Waals surface area contributed by atoms with Crippen LogP contribution in [-0.4, -0.2) is 17.6 Å². The minimum absolute atomic E-state index is 0.210. The molecule has 0 saturated heterocycles. The maximum atomic E-state index is 11.3. The molecule has 4 nitrogen and oxygen atoms in total. The normalized spacial score (nSPS) is 10.4. The van der Waals surface area contributed by atoms with Gasteiger partial charge in [0.1, 0.15) is 0 Å². The zero-order valence-electron chi connectivity index (χ0n) is 9.20. The van der Waals surface area contributed by atoms with Crippen LogP contribution in [0.1, 0.15) is 12.5 Å². The van der Waals surface area contributed by atoms with E-state index in [2.05, 4.69) is 21.7 Å². The Morgan fingerprint density at radius 3 is 3.06 bits per heavy atom. The SMILES string of the molecule is CCNC(=O)Nc1nc2ccc(C)cc2s1. The molecule has 0 aliphatic heterocycles. The Bertz CT molecular complexity index is 521. The zero-order valence-corrected chi connectivity index (χ0v) is 10.0. The van der Waals surface area contributed by atoms with Crippen LogP contribution in [0.25, 0.3) is 10.2 Å². The van der Waals surface area contributed by atoms with E-state index in [0.717, 1.165) is 10.2 Å². The Hall–Kier alpha value is -1.62. The molecule has 0 aliphatic rings. The number of aryl methyl sites for hydroxylation is 1. The Labute approximate surface area is 97.7 Å². The Balaban J connectivity index is 2.23. The maximum absolute atomic E-state index is 11.3. The molecular weight excluding hydrogens is 222 g/mol. The summed E-state index contributed by atoms with van der Waals surface area (Å²) in [6.07, 6.45) is 0. The lowest BCUT2D eigenvalue weighted by Crippen LogP contribution is -2.28. The van der Waals surface area contributed by atoms with Gasteiger partial charge in [-0.25, -0.2) is 9.78 Å². The molecule has 1 aromatic carbocycles. The fraction of sp³-hybridized carbons (Fsp3) is 0.273. The van der Waals surface area contributed by atoms with Crippen LogP contribution in [0.5, 0.6) is 0 Å². The third-order valence-electron chi connectivity index (χ3n) is 2.10. The average molecular weight is 235 g/mol. The number of fused-ring (bicyclic) bond motifs is 1. The highest BCUT2D eigenvalue weighted by atomic mass is 32.1. The number of urea groups is 1. The molecule has 2 aromatic rings. The van der Waals surface area contributed by atoms with Crippen LogP contribution in [-0.2, 0) is 0 Å². The highest BCUT2D eigenvalue weighted by Gasteiger charge is 2.06. The van der Waals surface area contributed by atoms with Crippen LogP contribution in [0.2, 0.25) is 0 Å². The molecule has 0 aliphatic carbocycles. The summed E-state index contributed by atoms with van der Waals surface area (Å²) in [5.74, 6) is 0. The monoisotopic (exact) mass is 235 g/mol. The van der Waals surface area contributed by atoms with E-state index in [1.165, 1.54) is 16.9 Å². The lowest BCUT2D eigenvalue weighted by molar-refractivity contribution is 0.252. The third-order valence-corrected chi connectivity index (χ3v) is 3.04. The van der Waals surface area contributed by atoms with Gasteiger partial charge in [0.05, 0.1) is 10.2 Å². The van der Waals surface area contributed by atoms with Gasteiger partial charge in [0.15, 0.2) is 5.13 Å². The van der Waals surface area contributed by atoms with Gasteiger partial charge in [0, 0.05) is 6.54 Å². The molecular formula is C11H13N3OS. The van der Waals surface area contributed by atoms with E-state index in [9.17, 15) is 4.79 Å². The van der Waals surface area contributed by atoms with Crippen molar-refractivity contribution in [2.24, 2.45) is 0 Å². The van der Waals surface area contributed by atoms with Gasteiger partial charge in [-0.2, -0.15) is 0 Å². The van der Waals surface area contributed by atoms with E-state index in [4.69, 9.17) is 0 Å². The summed E-state index contributed by atoms with van der Waals surface area (Å²) in [6, 6.07) is 5.83. The van der Waals surface area contributed by atoms with E-state index in [1.807, 2.05) is 26.0 Å². The summed E-state index contributed by atoms with van der Waals surface area (Å²) in [5, 5.41) is 6.01. The number of nitrogens with zero attached hydrogens (tertiary/aromatic N) is 1. The molecule has 84 valence electrons. The lowest BCUT2D eigenvalue weighted by atomic mass is 10.2. The van der Waals surface area contributed by atoms with Crippen molar-refractivity contribution in [3.63, 3.8) is 0 Å². The summed E-state index contributed by atoms with van der Waals surface area (Å²) >= 11 is 1.48. The molecule has 2 N–H and O–H groups in total. The van der Waals surface area contributed by atoms with Gasteiger partial charge in [-0.3, -0.25) is 5.32 Å². The van der Waals surface area contributed by atoms with Crippen molar-refractivity contribution in [2.75, 3.05) is 11.9 Å². The molecule has 0 atom stereocenters. The standard InChI is InChI=1S/C11H13N3OS/c1-3-12-10(15)14-11-13-8-5-4-7(2)6-9(8)16-11/h4-6H,3H2,1-2H3,(H2,12,13,14,15). The largest absolute Gasteiger partial charge is 0.338 e. The van der Waals surface area contributed by atoms with E-state index in [-0.39, 0.29) is 6.03 Å². The van der Waals surface area contributed by atoms with Crippen LogP contribution in [0, 0.1) is 6.92 Å². The quantitative estimate of drug-likeness (QED) is 0.841. The number of benzene rings is 1. The van der Waals surface area contributed by atoms with Crippen molar-refractivity contribution in [3.8, 4) is 0 Å². The molecule has 1 heterocycles. The minimum Gasteiger partial charge on any atom is -0.338 e. The number of nitrogens with one attached hydrogen (secondary N) is 2. The minimum atomic E-state index is -0.210. The number of aromatic nitrogens is 1. The number of hydrogen-bond acceptors (Lipinski definition) is 3. The van der Waals surface area contributed by atoms with Crippen LogP contribution in [0.3, 0.4) is 0 Å². The Morgan fingerprint density at radius 2 is 2.31 bits per heavy atom. The van der Waals surface area contributed by atoms with Crippen molar-refractivity contribution in [3.05, 3.63) is 23.8 Å². The fourth-order valence-electron chi connectivity index (χ4n) is 1.39. The molecule has 2 amide bonds. The van der Waals surface area contributed by atoms with Gasteiger partial charge in [0.25, 0.3) is 0 Å². The van der Waals surface area contributed by atoms with Crippen LogP contribution >= 0.6 is 11.3 Å². The van der Waals surface area contributed by atoms with Crippen molar-refractivity contribution < 1.29 is 4.79 Å². The summed E-state index contributed by atoms with van der Waals surface area (Å²) in [4.78, 5) is 15.6. The van der Waals surface area contributed by atoms with E-state index in [0.29, 0.717) is 11.7 Å². The molecule has 0 fully saturated rings. The zero-order chi connectivity index (χ0) is 11.5. The number of hydrogen-bond donors (Lipinski definition) is 2. The van der Waals surface area contributed by atoms with Crippen molar-refractivity contribution in [1.29, 1.82) is 0 Å². The molecule has 16 heavy (non-hydrogen) atoms. The summed E-state index contributed by atoms with van der Waals surface area (Å²) in [7, 11) is 0. The van der Waals surface area contributed by atoms with Gasteiger partial charge in [-0.15, -0.1) is 0 Å². The molecule has 0 bridgehead atoms. The summed E-state index contributed by atoms with van der Waals surface area (Å²) in [5.41, 5.74) is 2.11. The van der Waals surface area contributed by atoms with Crippen molar-refractivity contribution in [2.45, 2.75) is 13.8 Å². The van der Waals surface area contributed by atoms with Crippen LogP contribution < -0.4 is 10.6 Å². The van der Waals surface area contributed by atoms with E-state index >= 15 is 0 Å². The second-order valence-electron chi connectivity index (χ2n) is 3.47. The second kappa shape index (κ2) is 4.49. The van der Waals surface area contributed by atoms with Gasteiger partial charge in [0.2, 0.25) is 0 Å². The van der Waals surface area contributed by atoms with E-state index < -0.39 is 0 Å². The molecule has 0 radical (unpaired) electrons. The number of anilines is 1. The first-order chi connectivity index (χ1) is 7.69. The van der Waals surface area contributed by atoms with Crippen molar-refractivity contribution in [1.82, 2.24) is 10.3 Å².